The first-order valence-corrected chi connectivity index (χ1v) is 7.78. The zero-order valence-electron chi connectivity index (χ0n) is 11.6. The largest absolute Gasteiger partial charge is 0.334 e. The van der Waals surface area contributed by atoms with Crippen molar-refractivity contribution in [3.8, 4) is 0 Å². The van der Waals surface area contributed by atoms with Crippen LogP contribution in [0.3, 0.4) is 0 Å². The van der Waals surface area contributed by atoms with E-state index in [4.69, 9.17) is 28.9 Å². The maximum atomic E-state index is 12.6. The van der Waals surface area contributed by atoms with Gasteiger partial charge in [-0.1, -0.05) is 36.5 Å². The van der Waals surface area contributed by atoms with Crippen molar-refractivity contribution in [1.29, 1.82) is 0 Å². The van der Waals surface area contributed by atoms with Crippen LogP contribution in [0.5, 0.6) is 0 Å². The van der Waals surface area contributed by atoms with Crippen molar-refractivity contribution in [3.63, 3.8) is 0 Å². The number of likely N-dealkylation sites (tertiary alicyclic amines) is 1. The Balaban J connectivity index is 2.19. The van der Waals surface area contributed by atoms with Crippen molar-refractivity contribution in [2.24, 2.45) is 11.7 Å². The minimum atomic E-state index is -0.0448. The second-order valence-corrected chi connectivity index (χ2v) is 6.15. The first-order chi connectivity index (χ1) is 9.56. The Kier molecular flexibility index (Phi) is 5.30. The summed E-state index contributed by atoms with van der Waals surface area (Å²) in [5, 5.41) is 0.933. The highest BCUT2D eigenvalue weighted by atomic mass is 35.5. The number of rotatable bonds is 3. The van der Waals surface area contributed by atoms with E-state index in [1.165, 1.54) is 0 Å². The van der Waals surface area contributed by atoms with Gasteiger partial charge in [0.25, 0.3) is 5.91 Å². The van der Waals surface area contributed by atoms with Gasteiger partial charge in [-0.25, -0.2) is 0 Å². The molecular formula is C15H20Cl2N2O. The molecule has 0 spiro atoms. The van der Waals surface area contributed by atoms with Crippen molar-refractivity contribution < 1.29 is 4.79 Å². The highest BCUT2D eigenvalue weighted by molar-refractivity contribution is 6.36. The number of nitrogens with zero attached hydrogens (tertiary/aromatic N) is 1. The minimum absolute atomic E-state index is 0.0448. The van der Waals surface area contributed by atoms with Crippen molar-refractivity contribution in [3.05, 3.63) is 33.8 Å². The van der Waals surface area contributed by atoms with Crippen molar-refractivity contribution >= 4 is 29.1 Å². The van der Waals surface area contributed by atoms with Gasteiger partial charge >= 0.3 is 0 Å². The van der Waals surface area contributed by atoms with Gasteiger partial charge < -0.3 is 10.6 Å². The molecule has 2 N–H and O–H groups in total. The number of amides is 1. The molecule has 20 heavy (non-hydrogen) atoms. The summed E-state index contributed by atoms with van der Waals surface area (Å²) < 4.78 is 0. The molecule has 1 aromatic carbocycles. The maximum Gasteiger partial charge on any atom is 0.255 e. The third kappa shape index (κ3) is 3.27. The fraction of sp³-hybridized carbons (Fsp3) is 0.533. The van der Waals surface area contributed by atoms with Gasteiger partial charge in [0.05, 0.1) is 10.6 Å². The monoisotopic (exact) mass is 314 g/mol. The average Bonchev–Trinajstić information content (AvgIpc) is 2.46. The summed E-state index contributed by atoms with van der Waals surface area (Å²) in [6.07, 6.45) is 3.15. The number of hydrogen-bond donors (Lipinski definition) is 1. The van der Waals surface area contributed by atoms with Crippen LogP contribution >= 0.6 is 23.2 Å². The third-order valence-electron chi connectivity index (χ3n) is 4.10. The van der Waals surface area contributed by atoms with E-state index in [1.807, 2.05) is 4.90 Å². The van der Waals surface area contributed by atoms with Crippen molar-refractivity contribution in [2.75, 3.05) is 13.1 Å². The summed E-state index contributed by atoms with van der Waals surface area (Å²) >= 11 is 12.0. The van der Waals surface area contributed by atoms with Gasteiger partial charge in [-0.05, 0) is 37.0 Å². The van der Waals surface area contributed by atoms with Crippen LogP contribution in [0, 0.1) is 5.92 Å². The highest BCUT2D eigenvalue weighted by Crippen LogP contribution is 2.28. The molecule has 2 atom stereocenters. The molecule has 1 heterocycles. The molecule has 1 saturated heterocycles. The molecule has 3 nitrogen and oxygen atoms in total. The van der Waals surface area contributed by atoms with Crippen LogP contribution in [-0.2, 0) is 0 Å². The number of carbonyl (C=O) groups is 1. The van der Waals surface area contributed by atoms with E-state index < -0.39 is 0 Å². The zero-order valence-corrected chi connectivity index (χ0v) is 13.1. The van der Waals surface area contributed by atoms with Gasteiger partial charge in [-0.3, -0.25) is 4.79 Å². The van der Waals surface area contributed by atoms with Crippen LogP contribution in [0.15, 0.2) is 18.2 Å². The van der Waals surface area contributed by atoms with Gasteiger partial charge in [0, 0.05) is 24.2 Å². The van der Waals surface area contributed by atoms with Crippen LogP contribution in [0.2, 0.25) is 10.0 Å². The Morgan fingerprint density at radius 1 is 1.45 bits per heavy atom. The van der Waals surface area contributed by atoms with Gasteiger partial charge in [-0.2, -0.15) is 0 Å². The topological polar surface area (TPSA) is 46.3 Å². The molecule has 2 rings (SSSR count). The third-order valence-corrected chi connectivity index (χ3v) is 4.64. The molecule has 0 radical (unpaired) electrons. The molecule has 5 heteroatoms. The van der Waals surface area contributed by atoms with Crippen molar-refractivity contribution in [2.45, 2.75) is 32.2 Å². The molecule has 1 amide bonds. The molecule has 0 bridgehead atoms. The lowest BCUT2D eigenvalue weighted by atomic mass is 9.88. The number of halogens is 2. The van der Waals surface area contributed by atoms with E-state index in [0.717, 1.165) is 25.8 Å². The Hall–Kier alpha value is -0.770. The Morgan fingerprint density at radius 2 is 2.20 bits per heavy atom. The Bertz CT molecular complexity index is 493. The standard InChI is InChI=1S/C15H20Cl2N2O/c1-2-10-5-6-19(12(7-10)9-18)15(20)13-4-3-11(16)8-14(13)17/h3-4,8,10,12H,2,5-7,9,18H2,1H3. The van der Waals surface area contributed by atoms with Gasteiger partial charge in [0.1, 0.15) is 0 Å². The number of carbonyl (C=O) groups excluding carboxylic acids is 1. The van der Waals surface area contributed by atoms with Crippen LogP contribution in [-0.4, -0.2) is 29.9 Å². The Morgan fingerprint density at radius 3 is 2.80 bits per heavy atom. The lowest BCUT2D eigenvalue weighted by Crippen LogP contribution is -2.49. The predicted molar refractivity (Wildman–Crippen MR) is 83.4 cm³/mol. The van der Waals surface area contributed by atoms with Gasteiger partial charge in [0.2, 0.25) is 0 Å². The van der Waals surface area contributed by atoms with E-state index in [9.17, 15) is 4.79 Å². The van der Waals surface area contributed by atoms with Crippen LogP contribution in [0.1, 0.15) is 36.5 Å². The van der Waals surface area contributed by atoms with E-state index in [0.29, 0.717) is 28.1 Å². The summed E-state index contributed by atoms with van der Waals surface area (Å²) in [5.74, 6) is 0.616. The molecule has 1 fully saturated rings. The number of benzene rings is 1. The second kappa shape index (κ2) is 6.79. The normalized spacial score (nSPS) is 22.9. The zero-order chi connectivity index (χ0) is 14.7. The SMILES string of the molecule is CCC1CCN(C(=O)c2ccc(Cl)cc2Cl)C(CN)C1. The van der Waals surface area contributed by atoms with Gasteiger partial charge in [0.15, 0.2) is 0 Å². The molecule has 1 aromatic rings. The first kappa shape index (κ1) is 15.6. The van der Waals surface area contributed by atoms with Crippen molar-refractivity contribution in [1.82, 2.24) is 4.90 Å². The molecule has 0 saturated carbocycles. The second-order valence-electron chi connectivity index (χ2n) is 5.31. The van der Waals surface area contributed by atoms with E-state index in [2.05, 4.69) is 6.92 Å². The Labute approximate surface area is 130 Å². The number of nitrogens with two attached hydrogens (primary N) is 1. The van der Waals surface area contributed by atoms with Crippen LogP contribution in [0.4, 0.5) is 0 Å². The summed E-state index contributed by atoms with van der Waals surface area (Å²) in [5.41, 5.74) is 6.34. The maximum absolute atomic E-state index is 12.6. The first-order valence-electron chi connectivity index (χ1n) is 7.02. The summed E-state index contributed by atoms with van der Waals surface area (Å²) in [4.78, 5) is 14.5. The number of piperidine rings is 1. The van der Waals surface area contributed by atoms with Crippen LogP contribution < -0.4 is 5.73 Å². The molecular weight excluding hydrogens is 295 g/mol. The lowest BCUT2D eigenvalue weighted by molar-refractivity contribution is 0.0559. The molecule has 2 unspecified atom stereocenters. The van der Waals surface area contributed by atoms with E-state index in [-0.39, 0.29) is 11.9 Å². The average molecular weight is 315 g/mol. The molecule has 0 aromatic heterocycles. The van der Waals surface area contributed by atoms with Crippen LogP contribution in [0.25, 0.3) is 0 Å². The molecule has 1 aliphatic rings. The molecule has 1 aliphatic heterocycles. The number of hydrogen-bond acceptors (Lipinski definition) is 2. The van der Waals surface area contributed by atoms with Gasteiger partial charge in [-0.15, -0.1) is 0 Å². The fourth-order valence-corrected chi connectivity index (χ4v) is 3.30. The molecule has 110 valence electrons. The van der Waals surface area contributed by atoms with E-state index >= 15 is 0 Å². The minimum Gasteiger partial charge on any atom is -0.334 e. The fourth-order valence-electron chi connectivity index (χ4n) is 2.81. The summed E-state index contributed by atoms with van der Waals surface area (Å²) in [6.45, 7) is 3.43. The lowest BCUT2D eigenvalue weighted by Gasteiger charge is -2.39. The smallest absolute Gasteiger partial charge is 0.255 e. The summed E-state index contributed by atoms with van der Waals surface area (Å²) in [7, 11) is 0. The molecule has 0 aliphatic carbocycles. The van der Waals surface area contributed by atoms with E-state index in [1.54, 1.807) is 18.2 Å². The predicted octanol–water partition coefficient (Wildman–Crippen LogP) is 3.58. The highest BCUT2D eigenvalue weighted by Gasteiger charge is 2.31. The quantitative estimate of drug-likeness (QED) is 0.926. The summed E-state index contributed by atoms with van der Waals surface area (Å²) in [6, 6.07) is 5.09.